The van der Waals surface area contributed by atoms with Crippen molar-refractivity contribution in [2.24, 2.45) is 0 Å². The molecule has 0 amide bonds. The summed E-state index contributed by atoms with van der Waals surface area (Å²) in [5, 5.41) is 9.80. The SMILES string of the molecule is CCC1CCCCCN1S(=O)(=O)c1ccccc1O. The Hall–Kier alpha value is -1.07. The van der Waals surface area contributed by atoms with Crippen molar-refractivity contribution in [3.8, 4) is 5.75 Å². The van der Waals surface area contributed by atoms with Crippen LogP contribution in [0.2, 0.25) is 0 Å². The summed E-state index contributed by atoms with van der Waals surface area (Å²) in [6, 6.07) is 6.22. The van der Waals surface area contributed by atoms with Gasteiger partial charge in [0.2, 0.25) is 10.0 Å². The molecule has 0 saturated carbocycles. The third kappa shape index (κ3) is 2.92. The average molecular weight is 283 g/mol. The van der Waals surface area contributed by atoms with Crippen LogP contribution in [0.1, 0.15) is 39.0 Å². The summed E-state index contributed by atoms with van der Waals surface area (Å²) in [7, 11) is -3.59. The highest BCUT2D eigenvalue weighted by molar-refractivity contribution is 7.89. The van der Waals surface area contributed by atoms with Crippen LogP contribution in [-0.4, -0.2) is 30.4 Å². The van der Waals surface area contributed by atoms with Crippen molar-refractivity contribution in [3.63, 3.8) is 0 Å². The lowest BCUT2D eigenvalue weighted by Gasteiger charge is -2.28. The first kappa shape index (κ1) is 14.3. The second-order valence-electron chi connectivity index (χ2n) is 4.99. The van der Waals surface area contributed by atoms with Crippen molar-refractivity contribution < 1.29 is 13.5 Å². The lowest BCUT2D eigenvalue weighted by atomic mass is 10.1. The number of sulfonamides is 1. The van der Waals surface area contributed by atoms with Crippen LogP contribution in [0.15, 0.2) is 29.2 Å². The molecular formula is C14H21NO3S. The number of hydrogen-bond acceptors (Lipinski definition) is 3. The molecule has 1 heterocycles. The van der Waals surface area contributed by atoms with Gasteiger partial charge in [-0.25, -0.2) is 8.42 Å². The van der Waals surface area contributed by atoms with E-state index in [0.29, 0.717) is 6.54 Å². The van der Waals surface area contributed by atoms with Gasteiger partial charge >= 0.3 is 0 Å². The Kier molecular flexibility index (Phi) is 4.47. The van der Waals surface area contributed by atoms with E-state index in [9.17, 15) is 13.5 Å². The summed E-state index contributed by atoms with van der Waals surface area (Å²) in [4.78, 5) is 0.0235. The van der Waals surface area contributed by atoms with Crippen molar-refractivity contribution in [2.75, 3.05) is 6.54 Å². The first-order chi connectivity index (χ1) is 9.07. The molecule has 0 aromatic heterocycles. The standard InChI is InChI=1S/C14H21NO3S/c1-2-12-8-4-3-7-11-15(12)19(17,18)14-10-6-5-9-13(14)16/h5-6,9-10,12,16H,2-4,7-8,11H2,1H3. The van der Waals surface area contributed by atoms with Gasteiger partial charge in [0.25, 0.3) is 0 Å². The van der Waals surface area contributed by atoms with Crippen LogP contribution < -0.4 is 0 Å². The number of hydrogen-bond donors (Lipinski definition) is 1. The molecule has 0 radical (unpaired) electrons. The zero-order valence-corrected chi connectivity index (χ0v) is 12.1. The van der Waals surface area contributed by atoms with Crippen LogP contribution >= 0.6 is 0 Å². The van der Waals surface area contributed by atoms with Crippen molar-refractivity contribution in [3.05, 3.63) is 24.3 Å². The van der Waals surface area contributed by atoms with Crippen LogP contribution in [0.3, 0.4) is 0 Å². The summed E-state index contributed by atoms with van der Waals surface area (Å²) in [6.07, 6.45) is 4.76. The van der Waals surface area contributed by atoms with Crippen molar-refractivity contribution in [2.45, 2.75) is 50.0 Å². The smallest absolute Gasteiger partial charge is 0.246 e. The summed E-state index contributed by atoms with van der Waals surface area (Å²) in [5.74, 6) is -0.165. The Labute approximate surface area is 115 Å². The lowest BCUT2D eigenvalue weighted by Crippen LogP contribution is -2.39. The normalized spacial score (nSPS) is 22.1. The highest BCUT2D eigenvalue weighted by Gasteiger charge is 2.32. The fraction of sp³-hybridized carbons (Fsp3) is 0.571. The van der Waals surface area contributed by atoms with E-state index >= 15 is 0 Å². The van der Waals surface area contributed by atoms with Crippen LogP contribution in [0.4, 0.5) is 0 Å². The molecular weight excluding hydrogens is 262 g/mol. The van der Waals surface area contributed by atoms with Gasteiger partial charge in [0.15, 0.2) is 0 Å². The third-order valence-electron chi connectivity index (χ3n) is 3.75. The van der Waals surface area contributed by atoms with E-state index in [1.165, 1.54) is 12.1 Å². The summed E-state index contributed by atoms with van der Waals surface area (Å²) in [6.45, 7) is 2.57. The third-order valence-corrected chi connectivity index (χ3v) is 5.75. The van der Waals surface area contributed by atoms with Gasteiger partial charge in [-0.15, -0.1) is 0 Å². The first-order valence-electron chi connectivity index (χ1n) is 6.87. The van der Waals surface area contributed by atoms with Crippen molar-refractivity contribution in [1.82, 2.24) is 4.31 Å². The molecule has 19 heavy (non-hydrogen) atoms. The molecule has 106 valence electrons. The highest BCUT2D eigenvalue weighted by atomic mass is 32.2. The van der Waals surface area contributed by atoms with Gasteiger partial charge in [-0.05, 0) is 31.4 Å². The number of benzene rings is 1. The van der Waals surface area contributed by atoms with E-state index in [1.54, 1.807) is 16.4 Å². The number of phenolic OH excluding ortho intramolecular Hbond substituents is 1. The lowest BCUT2D eigenvalue weighted by molar-refractivity contribution is 0.313. The van der Waals surface area contributed by atoms with Gasteiger partial charge in [-0.2, -0.15) is 4.31 Å². The Balaban J connectivity index is 2.39. The first-order valence-corrected chi connectivity index (χ1v) is 8.31. The molecule has 0 bridgehead atoms. The van der Waals surface area contributed by atoms with E-state index in [-0.39, 0.29) is 16.7 Å². The number of phenols is 1. The maximum atomic E-state index is 12.7. The molecule has 1 aromatic rings. The van der Waals surface area contributed by atoms with Crippen LogP contribution in [-0.2, 0) is 10.0 Å². The van der Waals surface area contributed by atoms with E-state index in [2.05, 4.69) is 0 Å². The fourth-order valence-corrected chi connectivity index (χ4v) is 4.53. The molecule has 0 aliphatic carbocycles. The largest absolute Gasteiger partial charge is 0.507 e. The minimum atomic E-state index is -3.59. The second-order valence-corrected chi connectivity index (χ2v) is 6.85. The molecule has 1 N–H and O–H groups in total. The number of rotatable bonds is 3. The summed E-state index contributed by atoms with van der Waals surface area (Å²) >= 11 is 0. The maximum absolute atomic E-state index is 12.7. The van der Waals surface area contributed by atoms with Crippen molar-refractivity contribution >= 4 is 10.0 Å². The van der Waals surface area contributed by atoms with Gasteiger partial charge < -0.3 is 5.11 Å². The molecule has 1 aliphatic heterocycles. The van der Waals surface area contributed by atoms with Gasteiger partial charge in [0.05, 0.1) is 0 Å². The monoisotopic (exact) mass is 283 g/mol. The Bertz CT molecular complexity index is 527. The summed E-state index contributed by atoms with van der Waals surface area (Å²) < 4.78 is 27.0. The molecule has 0 spiro atoms. The Morgan fingerprint density at radius 3 is 2.68 bits per heavy atom. The molecule has 1 unspecified atom stereocenters. The quantitative estimate of drug-likeness (QED) is 0.928. The van der Waals surface area contributed by atoms with E-state index in [1.807, 2.05) is 6.92 Å². The highest BCUT2D eigenvalue weighted by Crippen LogP contribution is 2.30. The maximum Gasteiger partial charge on any atom is 0.246 e. The predicted molar refractivity (Wildman–Crippen MR) is 74.5 cm³/mol. The summed E-state index contributed by atoms with van der Waals surface area (Å²) in [5.41, 5.74) is 0. The number of nitrogens with zero attached hydrogens (tertiary/aromatic N) is 1. The van der Waals surface area contributed by atoms with Gasteiger partial charge in [0, 0.05) is 12.6 Å². The minimum Gasteiger partial charge on any atom is -0.507 e. The second kappa shape index (κ2) is 5.92. The molecule has 5 heteroatoms. The van der Waals surface area contributed by atoms with E-state index in [4.69, 9.17) is 0 Å². The Morgan fingerprint density at radius 2 is 2.00 bits per heavy atom. The molecule has 1 aromatic carbocycles. The topological polar surface area (TPSA) is 57.6 Å². The molecule has 2 rings (SSSR count). The molecule has 1 fully saturated rings. The number of para-hydroxylation sites is 1. The van der Waals surface area contributed by atoms with Gasteiger partial charge in [-0.1, -0.05) is 31.9 Å². The Morgan fingerprint density at radius 1 is 1.26 bits per heavy atom. The molecule has 1 atom stereocenters. The molecule has 4 nitrogen and oxygen atoms in total. The number of aromatic hydroxyl groups is 1. The zero-order chi connectivity index (χ0) is 13.9. The van der Waals surface area contributed by atoms with Crippen LogP contribution in [0.5, 0.6) is 5.75 Å². The van der Waals surface area contributed by atoms with Crippen LogP contribution in [0, 0.1) is 0 Å². The molecule has 1 saturated heterocycles. The van der Waals surface area contributed by atoms with Crippen molar-refractivity contribution in [1.29, 1.82) is 0 Å². The van der Waals surface area contributed by atoms with Crippen LogP contribution in [0.25, 0.3) is 0 Å². The van der Waals surface area contributed by atoms with Gasteiger partial charge in [-0.3, -0.25) is 0 Å². The fourth-order valence-electron chi connectivity index (χ4n) is 2.68. The zero-order valence-electron chi connectivity index (χ0n) is 11.2. The van der Waals surface area contributed by atoms with E-state index in [0.717, 1.165) is 32.1 Å². The minimum absolute atomic E-state index is 0.0235. The average Bonchev–Trinajstić information content (AvgIpc) is 2.64. The predicted octanol–water partition coefficient (Wildman–Crippen LogP) is 2.74. The molecule has 1 aliphatic rings. The van der Waals surface area contributed by atoms with E-state index < -0.39 is 10.0 Å². The van der Waals surface area contributed by atoms with Gasteiger partial charge in [0.1, 0.15) is 10.6 Å².